The molecule has 0 saturated heterocycles. The molecule has 0 atom stereocenters. The Morgan fingerprint density at radius 2 is 1.68 bits per heavy atom. The molecular formula is C16H23N3. The van der Waals surface area contributed by atoms with Gasteiger partial charge in [0.2, 0.25) is 0 Å². The quantitative estimate of drug-likeness (QED) is 0.904. The maximum absolute atomic E-state index is 4.55. The van der Waals surface area contributed by atoms with Crippen LogP contribution in [0.25, 0.3) is 0 Å². The number of hydrogen-bond acceptors (Lipinski definition) is 3. The molecule has 4 fully saturated rings. The first kappa shape index (κ1) is 11.8. The van der Waals surface area contributed by atoms with Gasteiger partial charge in [-0.05, 0) is 75.0 Å². The van der Waals surface area contributed by atoms with Gasteiger partial charge in [-0.25, -0.2) is 0 Å². The van der Waals surface area contributed by atoms with Crippen molar-refractivity contribution in [2.45, 2.75) is 44.6 Å². The molecule has 1 aromatic rings. The second-order valence-electron chi connectivity index (χ2n) is 6.94. The van der Waals surface area contributed by atoms with Crippen molar-refractivity contribution in [3.63, 3.8) is 0 Å². The van der Waals surface area contributed by atoms with Crippen LogP contribution in [0.1, 0.15) is 49.4 Å². The Balaban J connectivity index is 1.58. The van der Waals surface area contributed by atoms with Crippen LogP contribution in [0.15, 0.2) is 12.1 Å². The molecule has 4 aliphatic carbocycles. The molecule has 4 bridgehead atoms. The maximum atomic E-state index is 4.55. The molecule has 0 spiro atoms. The van der Waals surface area contributed by atoms with Gasteiger partial charge in [-0.1, -0.05) is 0 Å². The van der Waals surface area contributed by atoms with E-state index in [1.165, 1.54) is 37.8 Å². The van der Waals surface area contributed by atoms with Gasteiger partial charge in [0.25, 0.3) is 0 Å². The van der Waals surface area contributed by atoms with Crippen LogP contribution in [-0.4, -0.2) is 17.2 Å². The Hall–Kier alpha value is -0.960. The second kappa shape index (κ2) is 4.55. The van der Waals surface area contributed by atoms with E-state index in [2.05, 4.69) is 27.6 Å². The van der Waals surface area contributed by atoms with E-state index >= 15 is 0 Å². The molecule has 19 heavy (non-hydrogen) atoms. The van der Waals surface area contributed by atoms with Crippen molar-refractivity contribution < 1.29 is 0 Å². The molecule has 0 unspecified atom stereocenters. The van der Waals surface area contributed by atoms with E-state index in [9.17, 15) is 0 Å². The molecule has 1 aromatic heterocycles. The third-order valence-electron chi connectivity index (χ3n) is 5.67. The first-order valence-electron chi connectivity index (χ1n) is 7.80. The summed E-state index contributed by atoms with van der Waals surface area (Å²) in [5, 5.41) is 12.1. The third kappa shape index (κ3) is 1.99. The van der Waals surface area contributed by atoms with Gasteiger partial charge in [0.05, 0.1) is 11.4 Å². The summed E-state index contributed by atoms with van der Waals surface area (Å²) in [6.45, 7) is 0.814. The zero-order valence-electron chi connectivity index (χ0n) is 11.7. The van der Waals surface area contributed by atoms with Gasteiger partial charge in [0.15, 0.2) is 0 Å². The van der Waals surface area contributed by atoms with E-state index < -0.39 is 0 Å². The summed E-state index contributed by atoms with van der Waals surface area (Å²) in [5.41, 5.74) is 2.32. The zero-order valence-corrected chi connectivity index (χ0v) is 11.7. The SMILES string of the molecule is CNCc1ccc(C2C3CC4CC(C3)CC2C4)nn1. The highest BCUT2D eigenvalue weighted by molar-refractivity contribution is 5.17. The number of aromatic nitrogens is 2. The lowest BCUT2D eigenvalue weighted by molar-refractivity contribution is -0.00445. The van der Waals surface area contributed by atoms with E-state index in [4.69, 9.17) is 0 Å². The van der Waals surface area contributed by atoms with E-state index in [-0.39, 0.29) is 0 Å². The standard InChI is InChI=1S/C16H23N3/c1-17-9-14-2-3-15(19-18-14)16-12-5-10-4-11(7-12)8-13(16)6-10/h2-3,10-13,16-17H,4-9H2,1H3. The second-order valence-corrected chi connectivity index (χ2v) is 6.94. The van der Waals surface area contributed by atoms with E-state index in [1.807, 2.05) is 7.05 Å². The van der Waals surface area contributed by atoms with Crippen LogP contribution < -0.4 is 5.32 Å². The van der Waals surface area contributed by atoms with Crippen molar-refractivity contribution in [1.29, 1.82) is 0 Å². The minimum atomic E-state index is 0.712. The fourth-order valence-corrected chi connectivity index (χ4v) is 5.23. The molecule has 102 valence electrons. The number of hydrogen-bond donors (Lipinski definition) is 1. The molecule has 3 nitrogen and oxygen atoms in total. The van der Waals surface area contributed by atoms with Crippen LogP contribution >= 0.6 is 0 Å². The topological polar surface area (TPSA) is 37.8 Å². The predicted octanol–water partition coefficient (Wildman–Crippen LogP) is 2.74. The monoisotopic (exact) mass is 257 g/mol. The number of nitrogens with zero attached hydrogens (tertiary/aromatic N) is 2. The molecule has 0 aliphatic heterocycles. The minimum Gasteiger partial charge on any atom is -0.314 e. The van der Waals surface area contributed by atoms with E-state index in [0.29, 0.717) is 5.92 Å². The Labute approximate surface area is 115 Å². The summed E-state index contributed by atoms with van der Waals surface area (Å²) in [6, 6.07) is 4.40. The van der Waals surface area contributed by atoms with Crippen LogP contribution in [0.5, 0.6) is 0 Å². The summed E-state index contributed by atoms with van der Waals surface area (Å²) in [6.07, 6.45) is 7.34. The predicted molar refractivity (Wildman–Crippen MR) is 74.6 cm³/mol. The molecule has 0 amide bonds. The molecule has 1 N–H and O–H groups in total. The molecule has 0 aromatic carbocycles. The Morgan fingerprint density at radius 3 is 2.21 bits per heavy atom. The maximum Gasteiger partial charge on any atom is 0.0769 e. The Bertz CT molecular complexity index is 426. The molecule has 1 heterocycles. The van der Waals surface area contributed by atoms with Crippen molar-refractivity contribution in [1.82, 2.24) is 15.5 Å². The summed E-state index contributed by atoms with van der Waals surface area (Å²) in [5.74, 6) is 4.59. The van der Waals surface area contributed by atoms with Crippen molar-refractivity contribution in [2.75, 3.05) is 7.05 Å². The van der Waals surface area contributed by atoms with Crippen LogP contribution in [-0.2, 0) is 6.54 Å². The Morgan fingerprint density at radius 1 is 1.00 bits per heavy atom. The van der Waals surface area contributed by atoms with Gasteiger partial charge < -0.3 is 5.32 Å². The van der Waals surface area contributed by atoms with Gasteiger partial charge >= 0.3 is 0 Å². The highest BCUT2D eigenvalue weighted by Crippen LogP contribution is 2.59. The highest BCUT2D eigenvalue weighted by Gasteiger charge is 2.49. The van der Waals surface area contributed by atoms with Crippen LogP contribution in [0, 0.1) is 23.7 Å². The van der Waals surface area contributed by atoms with Crippen molar-refractivity contribution in [3.05, 3.63) is 23.5 Å². The molecular weight excluding hydrogens is 234 g/mol. The molecule has 5 rings (SSSR count). The average Bonchev–Trinajstić information content (AvgIpc) is 2.40. The van der Waals surface area contributed by atoms with Crippen molar-refractivity contribution in [3.8, 4) is 0 Å². The van der Waals surface area contributed by atoms with Crippen LogP contribution in [0.3, 0.4) is 0 Å². The fourth-order valence-electron chi connectivity index (χ4n) is 5.23. The van der Waals surface area contributed by atoms with Crippen molar-refractivity contribution in [2.24, 2.45) is 23.7 Å². The first-order chi connectivity index (χ1) is 9.33. The fraction of sp³-hybridized carbons (Fsp3) is 0.750. The normalized spacial score (nSPS) is 39.7. The molecule has 3 heteroatoms. The van der Waals surface area contributed by atoms with Crippen LogP contribution in [0.2, 0.25) is 0 Å². The Kier molecular flexibility index (Phi) is 2.83. The lowest BCUT2D eigenvalue weighted by Gasteiger charge is -2.54. The molecule has 0 radical (unpaired) electrons. The summed E-state index contributed by atoms with van der Waals surface area (Å²) in [4.78, 5) is 0. The smallest absolute Gasteiger partial charge is 0.0769 e. The minimum absolute atomic E-state index is 0.712. The summed E-state index contributed by atoms with van der Waals surface area (Å²) >= 11 is 0. The highest BCUT2D eigenvalue weighted by atomic mass is 15.1. The van der Waals surface area contributed by atoms with Gasteiger partial charge in [0.1, 0.15) is 0 Å². The van der Waals surface area contributed by atoms with Gasteiger partial charge in [-0.2, -0.15) is 10.2 Å². The number of rotatable bonds is 3. The van der Waals surface area contributed by atoms with Crippen molar-refractivity contribution >= 4 is 0 Å². The van der Waals surface area contributed by atoms with E-state index in [0.717, 1.165) is 35.9 Å². The summed E-state index contributed by atoms with van der Waals surface area (Å²) in [7, 11) is 1.95. The third-order valence-corrected chi connectivity index (χ3v) is 5.67. The van der Waals surface area contributed by atoms with Gasteiger partial charge in [-0.15, -0.1) is 0 Å². The average molecular weight is 257 g/mol. The molecule has 4 aliphatic rings. The van der Waals surface area contributed by atoms with Crippen LogP contribution in [0.4, 0.5) is 0 Å². The lowest BCUT2D eigenvalue weighted by atomic mass is 9.51. The van der Waals surface area contributed by atoms with Gasteiger partial charge in [0, 0.05) is 12.5 Å². The number of nitrogens with one attached hydrogen (secondary N) is 1. The summed E-state index contributed by atoms with van der Waals surface area (Å²) < 4.78 is 0. The van der Waals surface area contributed by atoms with Gasteiger partial charge in [-0.3, -0.25) is 0 Å². The van der Waals surface area contributed by atoms with E-state index in [1.54, 1.807) is 0 Å². The largest absolute Gasteiger partial charge is 0.314 e. The first-order valence-corrected chi connectivity index (χ1v) is 7.80. The zero-order chi connectivity index (χ0) is 12.8. The molecule has 4 saturated carbocycles. The lowest BCUT2D eigenvalue weighted by Crippen LogP contribution is -2.44.